The van der Waals surface area contributed by atoms with Crippen molar-refractivity contribution in [2.24, 2.45) is 5.73 Å². The van der Waals surface area contributed by atoms with E-state index in [9.17, 15) is 4.39 Å². The molecule has 0 aromatic heterocycles. The van der Waals surface area contributed by atoms with Gasteiger partial charge < -0.3 is 10.6 Å². The zero-order valence-corrected chi connectivity index (χ0v) is 8.14. The summed E-state index contributed by atoms with van der Waals surface area (Å²) in [5.41, 5.74) is 4.38. The molecule has 0 amide bonds. The topological polar surface area (TPSA) is 29.3 Å². The van der Waals surface area contributed by atoms with Crippen molar-refractivity contribution in [3.8, 4) is 0 Å². The molecule has 0 aromatic carbocycles. The average Bonchev–Trinajstić information content (AvgIpc) is 2.91. The fraction of sp³-hybridized carbons (Fsp3) is 1.00. The van der Waals surface area contributed by atoms with Gasteiger partial charge in [-0.05, 0) is 38.6 Å². The molecule has 3 heteroatoms. The molecule has 1 aliphatic carbocycles. The lowest BCUT2D eigenvalue weighted by molar-refractivity contribution is 0.147. The maximum absolute atomic E-state index is 13.9. The molecule has 1 saturated carbocycles. The molecule has 0 bridgehead atoms. The molecule has 2 aliphatic rings. The molecule has 1 atom stereocenters. The van der Waals surface area contributed by atoms with E-state index in [1.54, 1.807) is 0 Å². The van der Waals surface area contributed by atoms with Crippen LogP contribution in [-0.4, -0.2) is 36.2 Å². The highest BCUT2D eigenvalue weighted by molar-refractivity contribution is 4.90. The van der Waals surface area contributed by atoms with E-state index in [0.29, 0.717) is 12.8 Å². The second kappa shape index (κ2) is 3.54. The van der Waals surface area contributed by atoms with Gasteiger partial charge in [0.05, 0.1) is 0 Å². The van der Waals surface area contributed by atoms with Crippen LogP contribution >= 0.6 is 0 Å². The van der Waals surface area contributed by atoms with E-state index in [4.69, 9.17) is 5.73 Å². The maximum atomic E-state index is 13.9. The van der Waals surface area contributed by atoms with Gasteiger partial charge in [-0.1, -0.05) is 0 Å². The Morgan fingerprint density at radius 3 is 2.69 bits per heavy atom. The van der Waals surface area contributed by atoms with E-state index >= 15 is 0 Å². The minimum atomic E-state index is -1.07. The Morgan fingerprint density at radius 2 is 2.08 bits per heavy atom. The number of rotatable bonds is 2. The van der Waals surface area contributed by atoms with Crippen LogP contribution in [-0.2, 0) is 0 Å². The van der Waals surface area contributed by atoms with Crippen molar-refractivity contribution >= 4 is 0 Å². The highest BCUT2D eigenvalue weighted by Crippen LogP contribution is 2.32. The number of likely N-dealkylation sites (tertiary alicyclic amines) is 1. The molecule has 0 spiro atoms. The van der Waals surface area contributed by atoms with Crippen LogP contribution in [0.5, 0.6) is 0 Å². The van der Waals surface area contributed by atoms with Crippen molar-refractivity contribution in [1.29, 1.82) is 0 Å². The third kappa shape index (κ3) is 2.20. The van der Waals surface area contributed by atoms with E-state index in [1.165, 1.54) is 12.8 Å². The summed E-state index contributed by atoms with van der Waals surface area (Å²) in [6.45, 7) is 2.19. The van der Waals surface area contributed by atoms with Crippen molar-refractivity contribution in [2.75, 3.05) is 19.6 Å². The zero-order chi connectivity index (χ0) is 9.31. The summed E-state index contributed by atoms with van der Waals surface area (Å²) in [5.74, 6) is 0. The lowest BCUT2D eigenvalue weighted by atomic mass is 9.97. The Balaban J connectivity index is 1.88. The molecular formula is C10H19FN2. The molecule has 1 heterocycles. The molecule has 2 N–H and O–H groups in total. The Labute approximate surface area is 79.3 Å². The van der Waals surface area contributed by atoms with Crippen LogP contribution in [0.15, 0.2) is 0 Å². The lowest BCUT2D eigenvalue weighted by Crippen LogP contribution is -2.34. The summed E-state index contributed by atoms with van der Waals surface area (Å²) in [7, 11) is 0. The van der Waals surface area contributed by atoms with Crippen LogP contribution in [0.25, 0.3) is 0 Å². The lowest BCUT2D eigenvalue weighted by Gasteiger charge is -2.22. The van der Waals surface area contributed by atoms with Crippen molar-refractivity contribution in [1.82, 2.24) is 4.90 Å². The molecule has 0 radical (unpaired) electrons. The highest BCUT2D eigenvalue weighted by Gasteiger charge is 2.35. The molecule has 2 fully saturated rings. The van der Waals surface area contributed by atoms with Gasteiger partial charge in [0.1, 0.15) is 5.67 Å². The second-order valence-electron chi connectivity index (χ2n) is 4.48. The molecule has 13 heavy (non-hydrogen) atoms. The second-order valence-corrected chi connectivity index (χ2v) is 4.48. The number of halogens is 1. The predicted octanol–water partition coefficient (Wildman–Crippen LogP) is 1.30. The van der Waals surface area contributed by atoms with Crippen LogP contribution in [0.4, 0.5) is 4.39 Å². The quantitative estimate of drug-likeness (QED) is 0.704. The Hall–Kier alpha value is -0.150. The standard InChI is InChI=1S/C10H19FN2/c11-10(8-12)4-1-6-13(7-5-10)9-2-3-9/h9H,1-8,12H2. The average molecular weight is 186 g/mol. The molecule has 1 saturated heterocycles. The van der Waals surface area contributed by atoms with Crippen molar-refractivity contribution in [3.05, 3.63) is 0 Å². The molecule has 2 rings (SSSR count). The summed E-state index contributed by atoms with van der Waals surface area (Å²) in [6, 6.07) is 0.778. The van der Waals surface area contributed by atoms with Gasteiger partial charge in [0.2, 0.25) is 0 Å². The van der Waals surface area contributed by atoms with Crippen LogP contribution < -0.4 is 5.73 Å². The summed E-state index contributed by atoms with van der Waals surface area (Å²) in [5, 5.41) is 0. The summed E-state index contributed by atoms with van der Waals surface area (Å²) < 4.78 is 13.9. The zero-order valence-electron chi connectivity index (χ0n) is 8.14. The van der Waals surface area contributed by atoms with Crippen LogP contribution in [0.3, 0.4) is 0 Å². The largest absolute Gasteiger partial charge is 0.328 e. The van der Waals surface area contributed by atoms with E-state index in [1.807, 2.05) is 0 Å². The Kier molecular flexibility index (Phi) is 2.56. The number of nitrogens with two attached hydrogens (primary N) is 1. The van der Waals surface area contributed by atoms with Crippen molar-refractivity contribution in [3.63, 3.8) is 0 Å². The molecule has 1 aliphatic heterocycles. The smallest absolute Gasteiger partial charge is 0.124 e. The summed E-state index contributed by atoms with van der Waals surface area (Å²) in [6.07, 6.45) is 4.92. The van der Waals surface area contributed by atoms with Gasteiger partial charge >= 0.3 is 0 Å². The van der Waals surface area contributed by atoms with Gasteiger partial charge in [0.25, 0.3) is 0 Å². The van der Waals surface area contributed by atoms with E-state index in [-0.39, 0.29) is 6.54 Å². The molecular weight excluding hydrogens is 167 g/mol. The molecule has 1 unspecified atom stereocenters. The van der Waals surface area contributed by atoms with Gasteiger partial charge in [-0.3, -0.25) is 0 Å². The Bertz CT molecular complexity index is 182. The first-order chi connectivity index (χ1) is 6.23. The third-order valence-corrected chi connectivity index (χ3v) is 3.35. The monoisotopic (exact) mass is 186 g/mol. The predicted molar refractivity (Wildman–Crippen MR) is 51.3 cm³/mol. The normalized spacial score (nSPS) is 37.4. The fourth-order valence-corrected chi connectivity index (χ4v) is 2.19. The van der Waals surface area contributed by atoms with E-state index in [2.05, 4.69) is 4.90 Å². The van der Waals surface area contributed by atoms with Crippen LogP contribution in [0, 0.1) is 0 Å². The summed E-state index contributed by atoms with van der Waals surface area (Å²) in [4.78, 5) is 2.44. The number of alkyl halides is 1. The van der Waals surface area contributed by atoms with E-state index < -0.39 is 5.67 Å². The van der Waals surface area contributed by atoms with Gasteiger partial charge in [-0.25, -0.2) is 4.39 Å². The highest BCUT2D eigenvalue weighted by atomic mass is 19.1. The minimum absolute atomic E-state index is 0.200. The van der Waals surface area contributed by atoms with Gasteiger partial charge in [-0.15, -0.1) is 0 Å². The van der Waals surface area contributed by atoms with Gasteiger partial charge in [-0.2, -0.15) is 0 Å². The van der Waals surface area contributed by atoms with Crippen molar-refractivity contribution in [2.45, 2.75) is 43.8 Å². The summed E-state index contributed by atoms with van der Waals surface area (Å²) >= 11 is 0. The number of nitrogens with zero attached hydrogens (tertiary/aromatic N) is 1. The first kappa shape index (κ1) is 9.41. The number of hydrogen-bond acceptors (Lipinski definition) is 2. The molecule has 0 aromatic rings. The fourth-order valence-electron chi connectivity index (χ4n) is 2.19. The SMILES string of the molecule is NCC1(F)CCCN(C2CC2)CC1. The first-order valence-electron chi connectivity index (χ1n) is 5.37. The maximum Gasteiger partial charge on any atom is 0.124 e. The Morgan fingerprint density at radius 1 is 1.31 bits per heavy atom. The van der Waals surface area contributed by atoms with Crippen LogP contribution in [0.2, 0.25) is 0 Å². The van der Waals surface area contributed by atoms with E-state index in [0.717, 1.165) is 25.6 Å². The van der Waals surface area contributed by atoms with Gasteiger partial charge in [0.15, 0.2) is 0 Å². The molecule has 2 nitrogen and oxygen atoms in total. The van der Waals surface area contributed by atoms with Crippen molar-refractivity contribution < 1.29 is 4.39 Å². The van der Waals surface area contributed by atoms with Crippen LogP contribution in [0.1, 0.15) is 32.1 Å². The third-order valence-electron chi connectivity index (χ3n) is 3.35. The molecule has 76 valence electrons. The van der Waals surface area contributed by atoms with Gasteiger partial charge in [0, 0.05) is 19.1 Å². The minimum Gasteiger partial charge on any atom is -0.328 e. The number of hydrogen-bond donors (Lipinski definition) is 1. The first-order valence-corrected chi connectivity index (χ1v) is 5.37.